The number of hydrogen-bond acceptors (Lipinski definition) is 4. The largest absolute Gasteiger partial charge is 0.452 e. The summed E-state index contributed by atoms with van der Waals surface area (Å²) in [5.74, 6) is -0.403. The highest BCUT2D eigenvalue weighted by Crippen LogP contribution is 2.32. The number of nitrogens with one attached hydrogen (secondary N) is 1. The molecule has 1 N–H and O–H groups in total. The summed E-state index contributed by atoms with van der Waals surface area (Å²) in [6, 6.07) is 0.258. The molecule has 0 bridgehead atoms. The minimum atomic E-state index is -4.44. The highest BCUT2D eigenvalue weighted by molar-refractivity contribution is 7.09. The molecule has 1 aliphatic rings. The van der Waals surface area contributed by atoms with Gasteiger partial charge in [0.15, 0.2) is 0 Å². The lowest BCUT2D eigenvalue weighted by Crippen LogP contribution is -2.33. The highest BCUT2D eigenvalue weighted by Gasteiger charge is 2.36. The van der Waals surface area contributed by atoms with E-state index in [9.17, 15) is 13.2 Å². The van der Waals surface area contributed by atoms with Crippen molar-refractivity contribution in [2.45, 2.75) is 32.0 Å². The number of alkyl halides is 3. The predicted molar refractivity (Wildman–Crippen MR) is 50.7 cm³/mol. The highest BCUT2D eigenvalue weighted by atomic mass is 32.1. The number of nitrogens with zero attached hydrogens (tertiary/aromatic N) is 2. The third kappa shape index (κ3) is 2.39. The van der Waals surface area contributed by atoms with Crippen LogP contribution in [0.2, 0.25) is 0 Å². The maximum absolute atomic E-state index is 12.2. The summed E-state index contributed by atoms with van der Waals surface area (Å²) >= 11 is 0.763. The molecule has 0 saturated heterocycles. The van der Waals surface area contributed by atoms with Gasteiger partial charge in [0.25, 0.3) is 0 Å². The molecule has 0 amide bonds. The van der Waals surface area contributed by atoms with Gasteiger partial charge in [0.1, 0.15) is 0 Å². The van der Waals surface area contributed by atoms with Crippen molar-refractivity contribution < 1.29 is 13.2 Å². The van der Waals surface area contributed by atoms with Crippen LogP contribution in [0.1, 0.15) is 25.6 Å². The van der Waals surface area contributed by atoms with E-state index in [1.165, 1.54) is 0 Å². The van der Waals surface area contributed by atoms with E-state index in [0.29, 0.717) is 5.92 Å². The van der Waals surface area contributed by atoms with Gasteiger partial charge in [-0.05, 0) is 18.8 Å². The molecule has 0 radical (unpaired) electrons. The summed E-state index contributed by atoms with van der Waals surface area (Å²) in [7, 11) is 0. The maximum Gasteiger partial charge on any atom is 0.452 e. The minimum Gasteiger partial charge on any atom is -0.358 e. The van der Waals surface area contributed by atoms with E-state index < -0.39 is 12.0 Å². The first-order chi connectivity index (χ1) is 6.95. The predicted octanol–water partition coefficient (Wildman–Crippen LogP) is 2.77. The second-order valence-electron chi connectivity index (χ2n) is 3.84. The molecule has 0 unspecified atom stereocenters. The van der Waals surface area contributed by atoms with Crippen LogP contribution in [0.5, 0.6) is 0 Å². The van der Waals surface area contributed by atoms with Crippen molar-refractivity contribution in [3.05, 3.63) is 5.82 Å². The first kappa shape index (κ1) is 10.7. The van der Waals surface area contributed by atoms with E-state index in [4.69, 9.17) is 0 Å². The molecule has 1 fully saturated rings. The van der Waals surface area contributed by atoms with Gasteiger partial charge < -0.3 is 5.32 Å². The summed E-state index contributed by atoms with van der Waals surface area (Å²) < 4.78 is 39.7. The molecule has 1 heterocycles. The number of rotatable bonds is 2. The van der Waals surface area contributed by atoms with E-state index in [1.807, 2.05) is 0 Å². The number of aromatic nitrogens is 2. The van der Waals surface area contributed by atoms with Crippen molar-refractivity contribution in [1.29, 1.82) is 0 Å². The van der Waals surface area contributed by atoms with Gasteiger partial charge in [0.05, 0.1) is 0 Å². The summed E-state index contributed by atoms with van der Waals surface area (Å²) in [6.45, 7) is 2.11. The molecule has 0 aromatic carbocycles. The Bertz CT molecular complexity index is 343. The van der Waals surface area contributed by atoms with Crippen molar-refractivity contribution in [2.24, 2.45) is 5.92 Å². The van der Waals surface area contributed by atoms with E-state index in [-0.39, 0.29) is 11.2 Å². The van der Waals surface area contributed by atoms with Gasteiger partial charge in [-0.3, -0.25) is 0 Å². The van der Waals surface area contributed by atoms with Gasteiger partial charge in [0.2, 0.25) is 11.0 Å². The zero-order chi connectivity index (χ0) is 11.1. The molecule has 0 aliphatic heterocycles. The quantitative estimate of drug-likeness (QED) is 0.859. The Kier molecular flexibility index (Phi) is 2.57. The van der Waals surface area contributed by atoms with Crippen molar-refractivity contribution >= 4 is 16.7 Å². The van der Waals surface area contributed by atoms with Crippen LogP contribution in [-0.4, -0.2) is 15.4 Å². The number of anilines is 1. The normalized spacial score (nSPS) is 26.1. The van der Waals surface area contributed by atoms with Crippen molar-refractivity contribution in [2.75, 3.05) is 5.32 Å². The lowest BCUT2D eigenvalue weighted by molar-refractivity contribution is -0.144. The molecule has 7 heteroatoms. The SMILES string of the molecule is CC1CC(Nc2nc(C(F)(F)F)ns2)C1. The second-order valence-corrected chi connectivity index (χ2v) is 4.59. The average molecular weight is 237 g/mol. The summed E-state index contributed by atoms with van der Waals surface area (Å²) in [4.78, 5) is 3.40. The molecule has 1 saturated carbocycles. The van der Waals surface area contributed by atoms with E-state index in [1.54, 1.807) is 0 Å². The van der Waals surface area contributed by atoms with Crippen LogP contribution < -0.4 is 5.32 Å². The minimum absolute atomic E-state index is 0.258. The second kappa shape index (κ2) is 3.62. The number of hydrogen-bond donors (Lipinski definition) is 1. The van der Waals surface area contributed by atoms with Crippen LogP contribution in [0.15, 0.2) is 0 Å². The molecule has 1 aromatic rings. The third-order valence-electron chi connectivity index (χ3n) is 2.38. The first-order valence-corrected chi connectivity index (χ1v) is 5.40. The van der Waals surface area contributed by atoms with Gasteiger partial charge in [-0.1, -0.05) is 6.92 Å². The fraction of sp³-hybridized carbons (Fsp3) is 0.750. The zero-order valence-electron chi connectivity index (χ0n) is 8.01. The topological polar surface area (TPSA) is 37.8 Å². The van der Waals surface area contributed by atoms with Crippen LogP contribution in [0, 0.1) is 5.92 Å². The average Bonchev–Trinajstić information content (AvgIpc) is 2.49. The van der Waals surface area contributed by atoms with E-state index in [0.717, 1.165) is 24.4 Å². The van der Waals surface area contributed by atoms with Gasteiger partial charge in [-0.25, -0.2) is 0 Å². The standard InChI is InChI=1S/C8H10F3N3S/c1-4-2-5(3-4)12-7-13-6(14-15-7)8(9,10)11/h4-5H,2-3H2,1H3,(H,12,13,14). The Morgan fingerprint density at radius 2 is 2.07 bits per heavy atom. The molecule has 2 rings (SSSR count). The summed E-state index contributed by atoms with van der Waals surface area (Å²) in [5, 5.41) is 3.21. The molecular weight excluding hydrogens is 227 g/mol. The molecule has 0 atom stereocenters. The van der Waals surface area contributed by atoms with Crippen molar-refractivity contribution in [1.82, 2.24) is 9.36 Å². The molecular formula is C8H10F3N3S. The molecule has 15 heavy (non-hydrogen) atoms. The monoisotopic (exact) mass is 237 g/mol. The fourth-order valence-electron chi connectivity index (χ4n) is 1.59. The molecule has 84 valence electrons. The molecule has 1 aliphatic carbocycles. The van der Waals surface area contributed by atoms with E-state index >= 15 is 0 Å². The lowest BCUT2D eigenvalue weighted by atomic mass is 9.82. The molecule has 1 aromatic heterocycles. The van der Waals surface area contributed by atoms with Gasteiger partial charge in [0, 0.05) is 17.6 Å². The summed E-state index contributed by atoms with van der Waals surface area (Å²) in [5.41, 5.74) is 0. The van der Waals surface area contributed by atoms with Crippen molar-refractivity contribution in [3.8, 4) is 0 Å². The van der Waals surface area contributed by atoms with Crippen LogP contribution in [0.4, 0.5) is 18.3 Å². The van der Waals surface area contributed by atoms with Crippen LogP contribution in [-0.2, 0) is 6.18 Å². The van der Waals surface area contributed by atoms with Gasteiger partial charge >= 0.3 is 6.18 Å². The Balaban J connectivity index is 1.96. The Morgan fingerprint density at radius 3 is 2.53 bits per heavy atom. The Hall–Kier alpha value is -0.850. The lowest BCUT2D eigenvalue weighted by Gasteiger charge is -2.32. The van der Waals surface area contributed by atoms with Crippen LogP contribution in [0.25, 0.3) is 0 Å². The molecule has 3 nitrogen and oxygen atoms in total. The van der Waals surface area contributed by atoms with Crippen molar-refractivity contribution in [3.63, 3.8) is 0 Å². The Labute approximate surface area is 88.9 Å². The van der Waals surface area contributed by atoms with Gasteiger partial charge in [-0.2, -0.15) is 22.5 Å². The van der Waals surface area contributed by atoms with Gasteiger partial charge in [-0.15, -0.1) is 0 Å². The zero-order valence-corrected chi connectivity index (χ0v) is 8.82. The fourth-order valence-corrected chi connectivity index (χ4v) is 2.26. The Morgan fingerprint density at radius 1 is 1.40 bits per heavy atom. The third-order valence-corrected chi connectivity index (χ3v) is 3.03. The van der Waals surface area contributed by atoms with E-state index in [2.05, 4.69) is 21.6 Å². The smallest absolute Gasteiger partial charge is 0.358 e. The summed E-state index contributed by atoms with van der Waals surface area (Å²) in [6.07, 6.45) is -2.47. The van der Waals surface area contributed by atoms with Crippen LogP contribution in [0.3, 0.4) is 0 Å². The maximum atomic E-state index is 12.2. The van der Waals surface area contributed by atoms with Crippen LogP contribution >= 0.6 is 11.5 Å². The molecule has 0 spiro atoms. The number of halogens is 3. The first-order valence-electron chi connectivity index (χ1n) is 4.62.